The van der Waals surface area contributed by atoms with Crippen LogP contribution in [0, 0.1) is 0 Å². The summed E-state index contributed by atoms with van der Waals surface area (Å²) in [6.07, 6.45) is 0. The molecule has 3 heteroatoms. The molecule has 1 unspecified atom stereocenters. The van der Waals surface area contributed by atoms with Crippen LogP contribution < -0.4 is 10.6 Å². The highest BCUT2D eigenvalue weighted by Crippen LogP contribution is 1.87. The highest BCUT2D eigenvalue weighted by molar-refractivity contribution is 7.91. The SMILES string of the molecule is O=S1C=c2ccccc2=N1. The molecule has 10 heavy (non-hydrogen) atoms. The number of benzene rings is 1. The maximum atomic E-state index is 10.8. The molecule has 50 valence electrons. The summed E-state index contributed by atoms with van der Waals surface area (Å²) < 4.78 is 14.7. The van der Waals surface area contributed by atoms with Gasteiger partial charge in [0.05, 0.1) is 5.36 Å². The Kier molecular flexibility index (Phi) is 1.17. The molecule has 1 aliphatic rings. The monoisotopic (exact) mass is 151 g/mol. The molecular weight excluding hydrogens is 146 g/mol. The van der Waals surface area contributed by atoms with Gasteiger partial charge in [-0.1, -0.05) is 18.2 Å². The molecule has 0 aliphatic carbocycles. The standard InChI is InChI=1S/C7H5NOS/c9-10-5-6-3-1-2-4-7(6)8-10/h1-5H. The summed E-state index contributed by atoms with van der Waals surface area (Å²) in [7, 11) is -1.12. The summed E-state index contributed by atoms with van der Waals surface area (Å²) in [5, 5.41) is 3.46. The van der Waals surface area contributed by atoms with Gasteiger partial charge in [-0.3, -0.25) is 0 Å². The van der Waals surface area contributed by atoms with Crippen LogP contribution >= 0.6 is 0 Å². The van der Waals surface area contributed by atoms with Crippen LogP contribution in [0.15, 0.2) is 28.7 Å². The van der Waals surface area contributed by atoms with E-state index in [0.717, 1.165) is 10.6 Å². The van der Waals surface area contributed by atoms with Crippen LogP contribution in [-0.2, 0) is 11.0 Å². The molecule has 0 saturated carbocycles. The van der Waals surface area contributed by atoms with E-state index in [1.54, 1.807) is 5.41 Å². The summed E-state index contributed by atoms with van der Waals surface area (Å²) in [4.78, 5) is 0. The van der Waals surface area contributed by atoms with Crippen LogP contribution in [0.1, 0.15) is 0 Å². The zero-order valence-electron chi connectivity index (χ0n) is 5.15. The third-order valence-corrected chi connectivity index (χ3v) is 2.19. The third-order valence-electron chi connectivity index (χ3n) is 1.35. The van der Waals surface area contributed by atoms with E-state index >= 15 is 0 Å². The zero-order chi connectivity index (χ0) is 6.97. The first kappa shape index (κ1) is 5.80. The second-order valence-corrected chi connectivity index (χ2v) is 3.01. The lowest BCUT2D eigenvalue weighted by atomic mass is 10.3. The first-order valence-corrected chi connectivity index (χ1v) is 4.09. The highest BCUT2D eigenvalue weighted by Gasteiger charge is 1.97. The van der Waals surface area contributed by atoms with Crippen molar-refractivity contribution in [3.05, 3.63) is 34.8 Å². The van der Waals surface area contributed by atoms with Crippen LogP contribution in [-0.4, -0.2) is 4.21 Å². The fourth-order valence-corrected chi connectivity index (χ4v) is 1.73. The Morgan fingerprint density at radius 1 is 1.30 bits per heavy atom. The largest absolute Gasteiger partial charge is 0.230 e. The molecule has 0 N–H and O–H groups in total. The van der Waals surface area contributed by atoms with Gasteiger partial charge < -0.3 is 0 Å². The van der Waals surface area contributed by atoms with E-state index in [9.17, 15) is 4.21 Å². The normalized spacial score (nSPS) is 21.0. The summed E-state index contributed by atoms with van der Waals surface area (Å²) in [6, 6.07) is 7.56. The Hall–Kier alpha value is -0.960. The molecule has 0 fully saturated rings. The van der Waals surface area contributed by atoms with E-state index in [1.807, 2.05) is 24.3 Å². The van der Waals surface area contributed by atoms with E-state index in [2.05, 4.69) is 4.40 Å². The van der Waals surface area contributed by atoms with Crippen molar-refractivity contribution < 1.29 is 4.21 Å². The van der Waals surface area contributed by atoms with Crippen LogP contribution in [0.25, 0.3) is 5.41 Å². The minimum absolute atomic E-state index is 0.834. The van der Waals surface area contributed by atoms with Gasteiger partial charge in [-0.25, -0.2) is 4.21 Å². The fourth-order valence-electron chi connectivity index (χ4n) is 0.902. The summed E-state index contributed by atoms with van der Waals surface area (Å²) in [6.45, 7) is 0. The van der Waals surface area contributed by atoms with E-state index in [4.69, 9.17) is 0 Å². The van der Waals surface area contributed by atoms with Crippen molar-refractivity contribution in [2.45, 2.75) is 0 Å². The molecule has 2 rings (SSSR count). The van der Waals surface area contributed by atoms with E-state index in [0.29, 0.717) is 0 Å². The predicted octanol–water partition coefficient (Wildman–Crippen LogP) is -0.278. The van der Waals surface area contributed by atoms with E-state index < -0.39 is 11.0 Å². The molecule has 0 bridgehead atoms. The van der Waals surface area contributed by atoms with Gasteiger partial charge in [-0.2, -0.15) is 4.40 Å². The fraction of sp³-hybridized carbons (Fsp3) is 0. The first-order valence-electron chi connectivity index (χ1n) is 2.92. The lowest BCUT2D eigenvalue weighted by molar-refractivity contribution is 0.690. The maximum absolute atomic E-state index is 10.8. The van der Waals surface area contributed by atoms with Crippen molar-refractivity contribution in [1.29, 1.82) is 0 Å². The van der Waals surface area contributed by atoms with E-state index in [-0.39, 0.29) is 0 Å². The minimum atomic E-state index is -1.12. The van der Waals surface area contributed by atoms with Gasteiger partial charge in [0.2, 0.25) is 0 Å². The average molecular weight is 151 g/mol. The van der Waals surface area contributed by atoms with Crippen molar-refractivity contribution in [2.75, 3.05) is 0 Å². The van der Waals surface area contributed by atoms with Gasteiger partial charge in [0.1, 0.15) is 0 Å². The maximum Gasteiger partial charge on any atom is 0.166 e. The van der Waals surface area contributed by atoms with E-state index in [1.165, 1.54) is 0 Å². The molecule has 1 aliphatic heterocycles. The van der Waals surface area contributed by atoms with Crippen LogP contribution in [0.4, 0.5) is 0 Å². The molecule has 0 spiro atoms. The lowest BCUT2D eigenvalue weighted by Gasteiger charge is -1.76. The highest BCUT2D eigenvalue weighted by atomic mass is 32.2. The smallest absolute Gasteiger partial charge is 0.166 e. The average Bonchev–Trinajstić information content (AvgIpc) is 2.27. The van der Waals surface area contributed by atoms with Crippen molar-refractivity contribution in [3.63, 3.8) is 0 Å². The molecule has 0 radical (unpaired) electrons. The third kappa shape index (κ3) is 0.789. The van der Waals surface area contributed by atoms with Crippen molar-refractivity contribution in [2.24, 2.45) is 4.40 Å². The molecule has 0 saturated heterocycles. The number of fused-ring (bicyclic) bond motifs is 1. The van der Waals surface area contributed by atoms with Crippen LogP contribution in [0.2, 0.25) is 0 Å². The Bertz CT molecular complexity index is 359. The number of hydrogen-bond donors (Lipinski definition) is 0. The van der Waals surface area contributed by atoms with Crippen molar-refractivity contribution >= 4 is 16.4 Å². The molecule has 1 atom stereocenters. The molecule has 1 aromatic carbocycles. The second-order valence-electron chi connectivity index (χ2n) is 2.04. The lowest BCUT2D eigenvalue weighted by Crippen LogP contribution is -2.19. The molecule has 1 aromatic rings. The first-order chi connectivity index (χ1) is 4.86. The molecule has 0 amide bonds. The van der Waals surface area contributed by atoms with Crippen LogP contribution in [0.3, 0.4) is 0 Å². The summed E-state index contributed by atoms with van der Waals surface area (Å²) >= 11 is 0. The number of rotatable bonds is 0. The minimum Gasteiger partial charge on any atom is -0.230 e. The number of hydrogen-bond acceptors (Lipinski definition) is 1. The number of nitrogens with zero attached hydrogens (tertiary/aromatic N) is 1. The van der Waals surface area contributed by atoms with Gasteiger partial charge in [0, 0.05) is 10.6 Å². The Labute approximate surface area is 60.5 Å². The predicted molar refractivity (Wildman–Crippen MR) is 39.8 cm³/mol. The Morgan fingerprint density at radius 2 is 2.10 bits per heavy atom. The Morgan fingerprint density at radius 3 is 2.90 bits per heavy atom. The summed E-state index contributed by atoms with van der Waals surface area (Å²) in [5.41, 5.74) is 0. The molecule has 1 heterocycles. The van der Waals surface area contributed by atoms with Gasteiger partial charge >= 0.3 is 0 Å². The van der Waals surface area contributed by atoms with Crippen molar-refractivity contribution in [1.82, 2.24) is 0 Å². The Balaban J connectivity index is 2.96. The molecule has 2 nitrogen and oxygen atoms in total. The molecule has 0 aromatic heterocycles. The van der Waals surface area contributed by atoms with Gasteiger partial charge in [-0.05, 0) is 6.07 Å². The van der Waals surface area contributed by atoms with Crippen molar-refractivity contribution in [3.8, 4) is 0 Å². The second kappa shape index (κ2) is 2.02. The summed E-state index contributed by atoms with van der Waals surface area (Å²) in [5.74, 6) is 0. The van der Waals surface area contributed by atoms with Gasteiger partial charge in [0.15, 0.2) is 11.0 Å². The molecular formula is C7H5NOS. The topological polar surface area (TPSA) is 29.4 Å². The van der Waals surface area contributed by atoms with Crippen LogP contribution in [0.5, 0.6) is 0 Å². The quantitative estimate of drug-likeness (QED) is 0.501. The zero-order valence-corrected chi connectivity index (χ0v) is 5.97. The van der Waals surface area contributed by atoms with Gasteiger partial charge in [0.25, 0.3) is 0 Å². The van der Waals surface area contributed by atoms with Gasteiger partial charge in [-0.15, -0.1) is 0 Å².